The maximum Gasteiger partial charge on any atom is 0.259 e. The van der Waals surface area contributed by atoms with E-state index in [1.807, 2.05) is 13.8 Å². The van der Waals surface area contributed by atoms with E-state index >= 15 is 0 Å². The van der Waals surface area contributed by atoms with Crippen LogP contribution in [0.2, 0.25) is 0 Å². The summed E-state index contributed by atoms with van der Waals surface area (Å²) >= 11 is 0. The molecule has 3 rings (SSSR count). The van der Waals surface area contributed by atoms with Crippen molar-refractivity contribution < 1.29 is 9.32 Å². The Labute approximate surface area is 138 Å². The highest BCUT2D eigenvalue weighted by Gasteiger charge is 2.20. The summed E-state index contributed by atoms with van der Waals surface area (Å²) in [7, 11) is 1.64. The number of aryl methyl sites for hydroxylation is 3. The fraction of sp³-hybridized carbons (Fsp3) is 0.294. The predicted molar refractivity (Wildman–Crippen MR) is 88.9 cm³/mol. The van der Waals surface area contributed by atoms with Gasteiger partial charge in [-0.05, 0) is 32.9 Å². The number of carbonyl (C=O) groups is 1. The van der Waals surface area contributed by atoms with Gasteiger partial charge in [0, 0.05) is 24.5 Å². The molecule has 3 heterocycles. The summed E-state index contributed by atoms with van der Waals surface area (Å²) < 4.78 is 5.11. The Kier molecular flexibility index (Phi) is 3.92. The second-order valence-electron chi connectivity index (χ2n) is 5.84. The van der Waals surface area contributed by atoms with E-state index in [9.17, 15) is 9.59 Å². The molecular formula is C17H18N4O3. The number of H-pyrrole nitrogens is 1. The van der Waals surface area contributed by atoms with Gasteiger partial charge in [-0.3, -0.25) is 9.59 Å². The lowest BCUT2D eigenvalue weighted by Gasteiger charge is -2.16. The molecule has 0 fully saturated rings. The Bertz CT molecular complexity index is 968. The summed E-state index contributed by atoms with van der Waals surface area (Å²) in [5, 5.41) is 4.28. The maximum atomic E-state index is 12.7. The first kappa shape index (κ1) is 15.9. The Morgan fingerprint density at radius 2 is 2.04 bits per heavy atom. The van der Waals surface area contributed by atoms with E-state index in [4.69, 9.17) is 4.52 Å². The zero-order valence-electron chi connectivity index (χ0n) is 14.0. The van der Waals surface area contributed by atoms with Crippen LogP contribution in [-0.2, 0) is 6.54 Å². The van der Waals surface area contributed by atoms with Crippen LogP contribution in [0.15, 0.2) is 27.6 Å². The first-order valence-corrected chi connectivity index (χ1v) is 7.54. The van der Waals surface area contributed by atoms with E-state index < -0.39 is 0 Å². The van der Waals surface area contributed by atoms with Gasteiger partial charge in [0.1, 0.15) is 17.0 Å². The summed E-state index contributed by atoms with van der Waals surface area (Å²) in [6.07, 6.45) is 1.42. The van der Waals surface area contributed by atoms with Gasteiger partial charge in [-0.1, -0.05) is 5.16 Å². The SMILES string of the molecule is Cc1ccc2c(=O)c(C(=O)N(C)Cc3c(C)noc3C)c[nH]c2n1. The lowest BCUT2D eigenvalue weighted by Crippen LogP contribution is -2.31. The molecule has 0 saturated heterocycles. The van der Waals surface area contributed by atoms with Gasteiger partial charge in [0.15, 0.2) is 0 Å². The summed E-state index contributed by atoms with van der Waals surface area (Å²) in [5.74, 6) is 0.304. The van der Waals surface area contributed by atoms with Gasteiger partial charge in [0.05, 0.1) is 17.6 Å². The van der Waals surface area contributed by atoms with Crippen LogP contribution in [-0.4, -0.2) is 33.0 Å². The van der Waals surface area contributed by atoms with Crippen molar-refractivity contribution in [3.05, 3.63) is 56.8 Å². The molecule has 0 radical (unpaired) electrons. The number of fused-ring (bicyclic) bond motifs is 1. The minimum Gasteiger partial charge on any atom is -0.361 e. The van der Waals surface area contributed by atoms with Crippen LogP contribution in [0.3, 0.4) is 0 Å². The van der Waals surface area contributed by atoms with Crippen molar-refractivity contribution in [3.8, 4) is 0 Å². The molecule has 7 nitrogen and oxygen atoms in total. The summed E-state index contributed by atoms with van der Waals surface area (Å²) in [4.78, 5) is 33.9. The molecule has 0 spiro atoms. The molecule has 0 saturated carbocycles. The normalized spacial score (nSPS) is 11.0. The van der Waals surface area contributed by atoms with Gasteiger partial charge >= 0.3 is 0 Å². The fourth-order valence-electron chi connectivity index (χ4n) is 2.60. The number of hydrogen-bond donors (Lipinski definition) is 1. The molecular weight excluding hydrogens is 308 g/mol. The molecule has 0 aliphatic heterocycles. The number of aromatic amines is 1. The van der Waals surface area contributed by atoms with Crippen LogP contribution < -0.4 is 5.43 Å². The minimum absolute atomic E-state index is 0.0856. The highest BCUT2D eigenvalue weighted by Crippen LogP contribution is 2.15. The molecule has 1 amide bonds. The minimum atomic E-state index is -0.362. The lowest BCUT2D eigenvalue weighted by atomic mass is 10.1. The van der Waals surface area contributed by atoms with E-state index in [1.54, 1.807) is 26.1 Å². The number of aromatic nitrogens is 3. The van der Waals surface area contributed by atoms with Gasteiger partial charge in [0.2, 0.25) is 5.43 Å². The van der Waals surface area contributed by atoms with Crippen molar-refractivity contribution in [3.63, 3.8) is 0 Å². The van der Waals surface area contributed by atoms with E-state index in [2.05, 4.69) is 15.1 Å². The van der Waals surface area contributed by atoms with E-state index in [0.29, 0.717) is 23.3 Å². The number of nitrogens with one attached hydrogen (secondary N) is 1. The highest BCUT2D eigenvalue weighted by atomic mass is 16.5. The number of carbonyl (C=O) groups excluding carboxylic acids is 1. The topological polar surface area (TPSA) is 92.1 Å². The lowest BCUT2D eigenvalue weighted by molar-refractivity contribution is 0.0783. The van der Waals surface area contributed by atoms with E-state index in [0.717, 1.165) is 17.0 Å². The zero-order valence-corrected chi connectivity index (χ0v) is 14.0. The second-order valence-corrected chi connectivity index (χ2v) is 5.84. The van der Waals surface area contributed by atoms with Crippen LogP contribution in [0.1, 0.15) is 33.1 Å². The van der Waals surface area contributed by atoms with Crippen molar-refractivity contribution in [1.82, 2.24) is 20.0 Å². The van der Waals surface area contributed by atoms with Gasteiger partial charge in [-0.15, -0.1) is 0 Å². The fourth-order valence-corrected chi connectivity index (χ4v) is 2.60. The second kappa shape index (κ2) is 5.92. The summed E-state index contributed by atoms with van der Waals surface area (Å²) in [6, 6.07) is 3.43. The maximum absolute atomic E-state index is 12.7. The van der Waals surface area contributed by atoms with Crippen LogP contribution in [0.5, 0.6) is 0 Å². The monoisotopic (exact) mass is 326 g/mol. The molecule has 124 valence electrons. The zero-order chi connectivity index (χ0) is 17.4. The Hall–Kier alpha value is -2.96. The van der Waals surface area contributed by atoms with Crippen molar-refractivity contribution in [2.24, 2.45) is 0 Å². The average Bonchev–Trinajstić information content (AvgIpc) is 2.86. The highest BCUT2D eigenvalue weighted by molar-refractivity contribution is 5.96. The smallest absolute Gasteiger partial charge is 0.259 e. The molecule has 0 atom stereocenters. The van der Waals surface area contributed by atoms with Gasteiger partial charge in [-0.25, -0.2) is 4.98 Å². The number of nitrogens with zero attached hydrogens (tertiary/aromatic N) is 3. The predicted octanol–water partition coefficient (Wildman–Crippen LogP) is 2.11. The molecule has 3 aromatic rings. The van der Waals surface area contributed by atoms with E-state index in [1.165, 1.54) is 11.1 Å². The molecule has 7 heteroatoms. The largest absolute Gasteiger partial charge is 0.361 e. The third kappa shape index (κ3) is 2.68. The van der Waals surface area contributed by atoms with Crippen molar-refractivity contribution in [2.45, 2.75) is 27.3 Å². The molecule has 0 aliphatic carbocycles. The Balaban J connectivity index is 1.95. The first-order valence-electron chi connectivity index (χ1n) is 7.54. The van der Waals surface area contributed by atoms with E-state index in [-0.39, 0.29) is 16.9 Å². The van der Waals surface area contributed by atoms with Gasteiger partial charge in [0.25, 0.3) is 5.91 Å². The molecule has 3 aromatic heterocycles. The summed E-state index contributed by atoms with van der Waals surface area (Å²) in [5.41, 5.74) is 2.62. The molecule has 0 unspecified atom stereocenters. The number of rotatable bonds is 3. The van der Waals surface area contributed by atoms with Crippen molar-refractivity contribution in [2.75, 3.05) is 7.05 Å². The molecule has 0 bridgehead atoms. The Morgan fingerprint density at radius 1 is 1.29 bits per heavy atom. The van der Waals surface area contributed by atoms with Gasteiger partial charge in [-0.2, -0.15) is 0 Å². The van der Waals surface area contributed by atoms with Crippen LogP contribution in [0, 0.1) is 20.8 Å². The number of hydrogen-bond acceptors (Lipinski definition) is 5. The number of amides is 1. The standard InChI is InChI=1S/C17H18N4O3/c1-9-5-6-12-15(22)13(7-18-16(12)19-9)17(23)21(4)8-14-10(2)20-24-11(14)3/h5-7H,8H2,1-4H3,(H,18,19,22). The quantitative estimate of drug-likeness (QED) is 0.796. The third-order valence-electron chi connectivity index (χ3n) is 4.03. The van der Waals surface area contributed by atoms with Crippen molar-refractivity contribution in [1.29, 1.82) is 0 Å². The van der Waals surface area contributed by atoms with Crippen LogP contribution >= 0.6 is 0 Å². The van der Waals surface area contributed by atoms with Crippen LogP contribution in [0.4, 0.5) is 0 Å². The number of pyridine rings is 2. The summed E-state index contributed by atoms with van der Waals surface area (Å²) in [6.45, 7) is 5.78. The third-order valence-corrected chi connectivity index (χ3v) is 4.03. The Morgan fingerprint density at radius 3 is 2.71 bits per heavy atom. The molecule has 0 aromatic carbocycles. The molecule has 0 aliphatic rings. The van der Waals surface area contributed by atoms with Crippen LogP contribution in [0.25, 0.3) is 11.0 Å². The average molecular weight is 326 g/mol. The first-order chi connectivity index (χ1) is 11.4. The molecule has 1 N–H and O–H groups in total. The van der Waals surface area contributed by atoms with Gasteiger partial charge < -0.3 is 14.4 Å². The van der Waals surface area contributed by atoms with Crippen molar-refractivity contribution >= 4 is 16.9 Å². The molecule has 24 heavy (non-hydrogen) atoms.